The Morgan fingerprint density at radius 1 is 1.50 bits per heavy atom. The summed E-state index contributed by atoms with van der Waals surface area (Å²) in [7, 11) is -3.66. The van der Waals surface area contributed by atoms with Crippen molar-refractivity contribution in [2.75, 3.05) is 6.61 Å². The Morgan fingerprint density at radius 3 is 2.67 bits per heavy atom. The van der Waals surface area contributed by atoms with Crippen LogP contribution in [0.2, 0.25) is 5.02 Å². The van der Waals surface area contributed by atoms with Gasteiger partial charge in [0.2, 0.25) is 10.0 Å². The molecule has 0 fully saturated rings. The third-order valence-corrected chi connectivity index (χ3v) is 4.97. The van der Waals surface area contributed by atoms with Crippen LogP contribution >= 0.6 is 27.5 Å². The van der Waals surface area contributed by atoms with Crippen molar-refractivity contribution in [3.63, 3.8) is 0 Å². The number of halogens is 2. The minimum atomic E-state index is -3.66. The zero-order valence-electron chi connectivity index (χ0n) is 9.86. The van der Waals surface area contributed by atoms with Gasteiger partial charge in [-0.05, 0) is 31.0 Å². The molecule has 0 aliphatic heterocycles. The fourth-order valence-corrected chi connectivity index (χ4v) is 3.87. The monoisotopic (exact) mass is 355 g/mol. The van der Waals surface area contributed by atoms with E-state index >= 15 is 0 Å². The average molecular weight is 357 g/mol. The van der Waals surface area contributed by atoms with Gasteiger partial charge in [0.05, 0.1) is 5.02 Å². The lowest BCUT2D eigenvalue weighted by atomic mass is 10.2. The van der Waals surface area contributed by atoms with Gasteiger partial charge in [0, 0.05) is 17.1 Å². The Labute approximate surface area is 121 Å². The molecular formula is C11H15BrClNO3S. The normalized spacial score (nSPS) is 13.6. The minimum Gasteiger partial charge on any atom is -0.396 e. The van der Waals surface area contributed by atoms with Crippen LogP contribution in [0, 0.1) is 0 Å². The third-order valence-electron chi connectivity index (χ3n) is 2.48. The molecule has 0 aromatic heterocycles. The highest BCUT2D eigenvalue weighted by Gasteiger charge is 2.21. The first-order valence-corrected chi connectivity index (χ1v) is 8.14. The second-order valence-corrected chi connectivity index (χ2v) is 6.82. The smallest absolute Gasteiger partial charge is 0.242 e. The van der Waals surface area contributed by atoms with Crippen LogP contribution < -0.4 is 4.72 Å². The molecule has 0 aliphatic carbocycles. The number of aliphatic hydroxyl groups is 1. The molecule has 0 bridgehead atoms. The number of nitrogens with one attached hydrogen (secondary N) is 1. The predicted octanol–water partition coefficient (Wildman–Crippen LogP) is 2.54. The van der Waals surface area contributed by atoms with E-state index in [0.29, 0.717) is 17.3 Å². The number of rotatable bonds is 6. The second-order valence-electron chi connectivity index (χ2n) is 3.81. The molecule has 0 saturated carbocycles. The first kappa shape index (κ1) is 15.9. The van der Waals surface area contributed by atoms with Crippen LogP contribution in [0.15, 0.2) is 27.6 Å². The van der Waals surface area contributed by atoms with Crippen LogP contribution in [0.4, 0.5) is 0 Å². The van der Waals surface area contributed by atoms with Crippen molar-refractivity contribution in [1.82, 2.24) is 4.72 Å². The molecule has 4 nitrogen and oxygen atoms in total. The summed E-state index contributed by atoms with van der Waals surface area (Å²) < 4.78 is 27.5. The summed E-state index contributed by atoms with van der Waals surface area (Å²) in [6, 6.07) is 4.30. The Morgan fingerprint density at radius 2 is 2.17 bits per heavy atom. The van der Waals surface area contributed by atoms with Crippen LogP contribution in [0.25, 0.3) is 0 Å². The van der Waals surface area contributed by atoms with Crippen molar-refractivity contribution >= 4 is 37.6 Å². The van der Waals surface area contributed by atoms with Crippen LogP contribution in [0.1, 0.15) is 19.8 Å². The molecule has 1 unspecified atom stereocenters. The highest BCUT2D eigenvalue weighted by atomic mass is 79.9. The Balaban J connectivity index is 2.99. The van der Waals surface area contributed by atoms with Crippen LogP contribution in [0.5, 0.6) is 0 Å². The van der Waals surface area contributed by atoms with Crippen LogP contribution in [0.3, 0.4) is 0 Å². The molecule has 0 radical (unpaired) electrons. The number of aliphatic hydroxyl groups excluding tert-OH is 1. The van der Waals surface area contributed by atoms with E-state index in [4.69, 9.17) is 16.7 Å². The number of sulfonamides is 1. The fraction of sp³-hybridized carbons (Fsp3) is 0.455. The third kappa shape index (κ3) is 4.20. The lowest BCUT2D eigenvalue weighted by Gasteiger charge is -2.16. The topological polar surface area (TPSA) is 66.4 Å². The predicted molar refractivity (Wildman–Crippen MR) is 75.3 cm³/mol. The molecule has 0 saturated heterocycles. The van der Waals surface area contributed by atoms with Gasteiger partial charge in [0.25, 0.3) is 0 Å². The SMILES string of the molecule is CCC(CCO)NS(=O)(=O)c1ccc(Br)cc1Cl. The van der Waals surface area contributed by atoms with Crippen LogP contribution in [-0.4, -0.2) is 26.2 Å². The van der Waals surface area contributed by atoms with E-state index in [-0.39, 0.29) is 22.6 Å². The quantitative estimate of drug-likeness (QED) is 0.823. The van der Waals surface area contributed by atoms with E-state index < -0.39 is 10.0 Å². The standard InChI is InChI=1S/C11H15BrClNO3S/c1-2-9(5-6-15)14-18(16,17)11-4-3-8(12)7-10(11)13/h3-4,7,9,14-15H,2,5-6H2,1H3. The molecule has 1 rings (SSSR count). The van der Waals surface area contributed by atoms with Crippen molar-refractivity contribution < 1.29 is 13.5 Å². The molecule has 2 N–H and O–H groups in total. The number of hydrogen-bond donors (Lipinski definition) is 2. The minimum absolute atomic E-state index is 0.0451. The molecule has 18 heavy (non-hydrogen) atoms. The molecule has 0 heterocycles. The second kappa shape index (κ2) is 6.86. The maximum atomic E-state index is 12.1. The van der Waals surface area contributed by atoms with Gasteiger partial charge < -0.3 is 5.11 Å². The summed E-state index contributed by atoms with van der Waals surface area (Å²) >= 11 is 9.14. The fourth-order valence-electron chi connectivity index (χ4n) is 1.48. The highest BCUT2D eigenvalue weighted by Crippen LogP contribution is 2.25. The molecular weight excluding hydrogens is 342 g/mol. The van der Waals surface area contributed by atoms with Crippen molar-refractivity contribution in [2.45, 2.75) is 30.7 Å². The van der Waals surface area contributed by atoms with Gasteiger partial charge in [-0.15, -0.1) is 0 Å². The Hall–Kier alpha value is -0.140. The van der Waals surface area contributed by atoms with E-state index in [1.54, 1.807) is 6.07 Å². The summed E-state index contributed by atoms with van der Waals surface area (Å²) in [5, 5.41) is 9.02. The number of benzene rings is 1. The molecule has 1 aromatic carbocycles. The Kier molecular flexibility index (Phi) is 6.07. The van der Waals surface area contributed by atoms with E-state index in [1.165, 1.54) is 12.1 Å². The van der Waals surface area contributed by atoms with Gasteiger partial charge in [-0.3, -0.25) is 0 Å². The van der Waals surface area contributed by atoms with Gasteiger partial charge in [0.15, 0.2) is 0 Å². The Bertz CT molecular complexity index is 507. The summed E-state index contributed by atoms with van der Waals surface area (Å²) in [4.78, 5) is 0.0451. The summed E-state index contributed by atoms with van der Waals surface area (Å²) in [6.45, 7) is 1.79. The van der Waals surface area contributed by atoms with E-state index in [0.717, 1.165) is 0 Å². The van der Waals surface area contributed by atoms with Gasteiger partial charge in [0.1, 0.15) is 4.90 Å². The van der Waals surface area contributed by atoms with Gasteiger partial charge >= 0.3 is 0 Å². The maximum Gasteiger partial charge on any atom is 0.242 e. The molecule has 0 aliphatic rings. The molecule has 1 atom stereocenters. The van der Waals surface area contributed by atoms with Gasteiger partial charge in [-0.1, -0.05) is 34.5 Å². The molecule has 7 heteroatoms. The molecule has 0 spiro atoms. The first-order valence-electron chi connectivity index (χ1n) is 5.49. The summed E-state index contributed by atoms with van der Waals surface area (Å²) in [5.41, 5.74) is 0. The van der Waals surface area contributed by atoms with Crippen molar-refractivity contribution in [2.24, 2.45) is 0 Å². The summed E-state index contributed by atoms with van der Waals surface area (Å²) in [5.74, 6) is 0. The molecule has 0 amide bonds. The van der Waals surface area contributed by atoms with Crippen molar-refractivity contribution in [3.8, 4) is 0 Å². The van der Waals surface area contributed by atoms with Crippen LogP contribution in [-0.2, 0) is 10.0 Å². The lowest BCUT2D eigenvalue weighted by Crippen LogP contribution is -2.35. The molecule has 102 valence electrons. The number of hydrogen-bond acceptors (Lipinski definition) is 3. The highest BCUT2D eigenvalue weighted by molar-refractivity contribution is 9.10. The van der Waals surface area contributed by atoms with Crippen molar-refractivity contribution in [1.29, 1.82) is 0 Å². The summed E-state index contributed by atoms with van der Waals surface area (Å²) in [6.07, 6.45) is 0.984. The zero-order chi connectivity index (χ0) is 13.8. The lowest BCUT2D eigenvalue weighted by molar-refractivity contribution is 0.270. The van der Waals surface area contributed by atoms with Gasteiger partial charge in [-0.25, -0.2) is 13.1 Å². The van der Waals surface area contributed by atoms with E-state index in [9.17, 15) is 8.42 Å². The maximum absolute atomic E-state index is 12.1. The van der Waals surface area contributed by atoms with E-state index in [1.807, 2.05) is 6.92 Å². The van der Waals surface area contributed by atoms with E-state index in [2.05, 4.69) is 20.7 Å². The average Bonchev–Trinajstić information content (AvgIpc) is 2.27. The van der Waals surface area contributed by atoms with Gasteiger partial charge in [-0.2, -0.15) is 0 Å². The largest absolute Gasteiger partial charge is 0.396 e. The van der Waals surface area contributed by atoms with Crippen molar-refractivity contribution in [3.05, 3.63) is 27.7 Å². The molecule has 1 aromatic rings. The first-order chi connectivity index (χ1) is 8.40. The zero-order valence-corrected chi connectivity index (χ0v) is 13.0.